The van der Waals surface area contributed by atoms with E-state index in [9.17, 15) is 4.79 Å². The van der Waals surface area contributed by atoms with E-state index in [4.69, 9.17) is 4.74 Å². The van der Waals surface area contributed by atoms with Gasteiger partial charge in [0, 0.05) is 30.2 Å². The molecule has 1 aliphatic heterocycles. The average molecular weight is 305 g/mol. The Balaban J connectivity index is 1.75. The first-order chi connectivity index (χ1) is 10.2. The van der Waals surface area contributed by atoms with Crippen molar-refractivity contribution < 1.29 is 9.53 Å². The molecule has 1 aliphatic rings. The highest BCUT2D eigenvalue weighted by Gasteiger charge is 2.25. The molecule has 0 spiro atoms. The molecule has 1 atom stereocenters. The van der Waals surface area contributed by atoms with Crippen LogP contribution >= 0.6 is 11.3 Å². The third kappa shape index (κ3) is 3.01. The molecule has 1 N–H and O–H groups in total. The van der Waals surface area contributed by atoms with Crippen molar-refractivity contribution in [1.29, 1.82) is 0 Å². The Morgan fingerprint density at radius 2 is 2.48 bits per heavy atom. The predicted molar refractivity (Wildman–Crippen MR) is 82.6 cm³/mol. The van der Waals surface area contributed by atoms with E-state index >= 15 is 0 Å². The second-order valence-electron chi connectivity index (χ2n) is 5.21. The van der Waals surface area contributed by atoms with Gasteiger partial charge in [0.25, 0.3) is 5.91 Å². The number of aromatic amines is 1. The first kappa shape index (κ1) is 14.3. The second-order valence-corrected chi connectivity index (χ2v) is 6.27. The minimum atomic E-state index is 0.0370. The van der Waals surface area contributed by atoms with Crippen LogP contribution in [0.3, 0.4) is 0 Å². The summed E-state index contributed by atoms with van der Waals surface area (Å²) in [7, 11) is 0. The quantitative estimate of drug-likeness (QED) is 0.948. The van der Waals surface area contributed by atoms with E-state index in [2.05, 4.69) is 16.9 Å². The number of thiazole rings is 1. The third-order valence-electron chi connectivity index (χ3n) is 3.71. The fourth-order valence-corrected chi connectivity index (χ4v) is 3.10. The first-order valence-electron chi connectivity index (χ1n) is 7.19. The molecule has 6 heteroatoms. The number of hydrogen-bond acceptors (Lipinski definition) is 4. The van der Waals surface area contributed by atoms with Gasteiger partial charge in [0.2, 0.25) is 0 Å². The Kier molecular flexibility index (Phi) is 4.07. The SMILES string of the molecule is CC[C@@H]1CN(C(=O)c2cc(-c3csc(C)n3)c[nH]2)CCO1. The summed E-state index contributed by atoms with van der Waals surface area (Å²) in [5.41, 5.74) is 2.50. The lowest BCUT2D eigenvalue weighted by molar-refractivity contribution is -0.0227. The number of nitrogens with one attached hydrogen (secondary N) is 1. The van der Waals surface area contributed by atoms with Gasteiger partial charge >= 0.3 is 0 Å². The molecule has 2 aromatic heterocycles. The number of H-pyrrole nitrogens is 1. The zero-order valence-electron chi connectivity index (χ0n) is 12.3. The van der Waals surface area contributed by atoms with Crippen LogP contribution in [0, 0.1) is 6.92 Å². The molecule has 0 aliphatic carbocycles. The topological polar surface area (TPSA) is 58.2 Å². The van der Waals surface area contributed by atoms with E-state index in [0.717, 1.165) is 22.7 Å². The number of aryl methyl sites for hydroxylation is 1. The van der Waals surface area contributed by atoms with Crippen molar-refractivity contribution in [3.05, 3.63) is 28.3 Å². The van der Waals surface area contributed by atoms with Gasteiger partial charge in [-0.1, -0.05) is 6.92 Å². The van der Waals surface area contributed by atoms with Crippen molar-refractivity contribution in [2.75, 3.05) is 19.7 Å². The van der Waals surface area contributed by atoms with Gasteiger partial charge in [0.1, 0.15) is 5.69 Å². The molecule has 21 heavy (non-hydrogen) atoms. The van der Waals surface area contributed by atoms with Crippen molar-refractivity contribution >= 4 is 17.2 Å². The normalized spacial score (nSPS) is 19.0. The van der Waals surface area contributed by atoms with Gasteiger partial charge in [-0.15, -0.1) is 11.3 Å². The Morgan fingerprint density at radius 1 is 1.62 bits per heavy atom. The van der Waals surface area contributed by atoms with Crippen LogP contribution in [0.4, 0.5) is 0 Å². The molecule has 3 rings (SSSR count). The number of amides is 1. The summed E-state index contributed by atoms with van der Waals surface area (Å²) >= 11 is 1.61. The number of carbonyl (C=O) groups is 1. The van der Waals surface area contributed by atoms with Crippen molar-refractivity contribution in [1.82, 2.24) is 14.9 Å². The molecule has 0 unspecified atom stereocenters. The van der Waals surface area contributed by atoms with Crippen LogP contribution in [0.2, 0.25) is 0 Å². The summed E-state index contributed by atoms with van der Waals surface area (Å²) in [5.74, 6) is 0.0370. The van der Waals surface area contributed by atoms with Crippen molar-refractivity contribution in [3.8, 4) is 11.3 Å². The van der Waals surface area contributed by atoms with Crippen molar-refractivity contribution in [2.24, 2.45) is 0 Å². The summed E-state index contributed by atoms with van der Waals surface area (Å²) in [4.78, 5) is 21.9. The van der Waals surface area contributed by atoms with E-state index < -0.39 is 0 Å². The Labute approximate surface area is 128 Å². The van der Waals surface area contributed by atoms with Gasteiger partial charge in [0.05, 0.1) is 23.4 Å². The molecule has 1 amide bonds. The maximum absolute atomic E-state index is 12.5. The highest BCUT2D eigenvalue weighted by atomic mass is 32.1. The van der Waals surface area contributed by atoms with Gasteiger partial charge in [0.15, 0.2) is 0 Å². The van der Waals surface area contributed by atoms with Crippen LogP contribution in [-0.4, -0.2) is 46.6 Å². The highest BCUT2D eigenvalue weighted by Crippen LogP contribution is 2.23. The standard InChI is InChI=1S/C15H19N3O2S/c1-3-12-8-18(4-5-20-12)15(19)13-6-11(7-16-13)14-9-21-10(2)17-14/h6-7,9,12,16H,3-5,8H2,1-2H3/t12-/m1/s1. The monoisotopic (exact) mass is 305 g/mol. The number of hydrogen-bond donors (Lipinski definition) is 1. The number of ether oxygens (including phenoxy) is 1. The zero-order valence-corrected chi connectivity index (χ0v) is 13.1. The molecule has 0 radical (unpaired) electrons. The Morgan fingerprint density at radius 3 is 3.19 bits per heavy atom. The third-order valence-corrected chi connectivity index (χ3v) is 4.48. The largest absolute Gasteiger partial charge is 0.375 e. The summed E-state index contributed by atoms with van der Waals surface area (Å²) in [6, 6.07) is 1.88. The molecule has 0 saturated carbocycles. The maximum atomic E-state index is 12.5. The summed E-state index contributed by atoms with van der Waals surface area (Å²) in [5, 5.41) is 3.03. The predicted octanol–water partition coefficient (Wildman–Crippen LogP) is 2.70. The lowest BCUT2D eigenvalue weighted by atomic mass is 10.2. The average Bonchev–Trinajstić information content (AvgIpc) is 3.15. The van der Waals surface area contributed by atoms with Gasteiger partial charge in [-0.2, -0.15) is 0 Å². The van der Waals surface area contributed by atoms with Gasteiger partial charge in [-0.25, -0.2) is 4.98 Å². The Hall–Kier alpha value is -1.66. The molecular weight excluding hydrogens is 286 g/mol. The number of nitrogens with zero attached hydrogens (tertiary/aromatic N) is 2. The Bertz CT molecular complexity index is 634. The maximum Gasteiger partial charge on any atom is 0.270 e. The van der Waals surface area contributed by atoms with Gasteiger partial charge in [-0.05, 0) is 19.4 Å². The minimum absolute atomic E-state index is 0.0370. The van der Waals surface area contributed by atoms with Crippen LogP contribution in [-0.2, 0) is 4.74 Å². The number of morpholine rings is 1. The summed E-state index contributed by atoms with van der Waals surface area (Å²) in [6.45, 7) is 5.99. The van der Waals surface area contributed by atoms with Crippen LogP contribution in [0.15, 0.2) is 17.6 Å². The van der Waals surface area contributed by atoms with Crippen LogP contribution in [0.25, 0.3) is 11.3 Å². The van der Waals surface area contributed by atoms with Gasteiger partial charge < -0.3 is 14.6 Å². The molecule has 112 valence electrons. The van der Waals surface area contributed by atoms with E-state index in [-0.39, 0.29) is 12.0 Å². The summed E-state index contributed by atoms with van der Waals surface area (Å²) in [6.07, 6.45) is 2.93. The molecule has 1 fully saturated rings. The first-order valence-corrected chi connectivity index (χ1v) is 8.07. The van der Waals surface area contributed by atoms with Crippen LogP contribution < -0.4 is 0 Å². The second kappa shape index (κ2) is 5.99. The molecule has 0 aromatic carbocycles. The highest BCUT2D eigenvalue weighted by molar-refractivity contribution is 7.09. The lowest BCUT2D eigenvalue weighted by Crippen LogP contribution is -2.45. The fraction of sp³-hybridized carbons (Fsp3) is 0.467. The van der Waals surface area contributed by atoms with Crippen LogP contribution in [0.5, 0.6) is 0 Å². The van der Waals surface area contributed by atoms with E-state index in [1.54, 1.807) is 11.3 Å². The smallest absolute Gasteiger partial charge is 0.270 e. The number of aromatic nitrogens is 2. The van der Waals surface area contributed by atoms with E-state index in [1.807, 2.05) is 29.5 Å². The zero-order chi connectivity index (χ0) is 14.8. The molecule has 5 nitrogen and oxygen atoms in total. The van der Waals surface area contributed by atoms with E-state index in [0.29, 0.717) is 25.4 Å². The fourth-order valence-electron chi connectivity index (χ4n) is 2.48. The summed E-state index contributed by atoms with van der Waals surface area (Å²) < 4.78 is 5.61. The lowest BCUT2D eigenvalue weighted by Gasteiger charge is -2.32. The molecular formula is C15H19N3O2S. The van der Waals surface area contributed by atoms with Gasteiger partial charge in [-0.3, -0.25) is 4.79 Å². The van der Waals surface area contributed by atoms with Crippen molar-refractivity contribution in [2.45, 2.75) is 26.4 Å². The number of rotatable bonds is 3. The molecule has 3 heterocycles. The van der Waals surface area contributed by atoms with E-state index in [1.165, 1.54) is 0 Å². The molecule has 0 bridgehead atoms. The van der Waals surface area contributed by atoms with Crippen molar-refractivity contribution in [3.63, 3.8) is 0 Å². The number of carbonyl (C=O) groups excluding carboxylic acids is 1. The molecule has 2 aromatic rings. The minimum Gasteiger partial charge on any atom is -0.375 e. The molecule has 1 saturated heterocycles. The van der Waals surface area contributed by atoms with Crippen LogP contribution in [0.1, 0.15) is 28.8 Å².